The summed E-state index contributed by atoms with van der Waals surface area (Å²) in [5, 5.41) is 6.52. The maximum Gasteiger partial charge on any atom is 0.170 e. The van der Waals surface area contributed by atoms with Crippen molar-refractivity contribution in [2.75, 3.05) is 11.9 Å². The van der Waals surface area contributed by atoms with E-state index in [0.29, 0.717) is 29.2 Å². The average Bonchev–Trinajstić information content (AvgIpc) is 2.50. The minimum absolute atomic E-state index is 0.0251. The Morgan fingerprint density at radius 2 is 1.82 bits per heavy atom. The number of benzene rings is 2. The fraction of sp³-hybridized carbons (Fsp3) is 0.176. The van der Waals surface area contributed by atoms with Crippen molar-refractivity contribution in [3.63, 3.8) is 0 Å². The number of carbonyl (C=O) groups is 1. The molecular weight excluding hydrogens is 299 g/mol. The molecule has 2 N–H and O–H groups in total. The number of ketones is 1. The molecule has 22 heavy (non-hydrogen) atoms. The van der Waals surface area contributed by atoms with E-state index in [1.54, 1.807) is 36.4 Å². The van der Waals surface area contributed by atoms with E-state index in [1.165, 1.54) is 13.0 Å². The lowest BCUT2D eigenvalue weighted by Gasteiger charge is -2.11. The fourth-order valence-corrected chi connectivity index (χ4v) is 2.20. The second-order valence-electron chi connectivity index (χ2n) is 4.86. The molecule has 114 valence electrons. The first-order valence-corrected chi connectivity index (χ1v) is 7.36. The SMILES string of the molecule is CC(=O)c1ccc(NC(=S)NCCc2ccccc2F)cc1. The minimum Gasteiger partial charge on any atom is -0.362 e. The molecule has 3 nitrogen and oxygen atoms in total. The van der Waals surface area contributed by atoms with Gasteiger partial charge in [-0.2, -0.15) is 0 Å². The van der Waals surface area contributed by atoms with Crippen molar-refractivity contribution < 1.29 is 9.18 Å². The molecule has 0 atom stereocenters. The van der Waals surface area contributed by atoms with Crippen LogP contribution in [0, 0.1) is 5.82 Å². The topological polar surface area (TPSA) is 41.1 Å². The van der Waals surface area contributed by atoms with E-state index in [-0.39, 0.29) is 11.6 Å². The Bertz CT molecular complexity index is 671. The van der Waals surface area contributed by atoms with E-state index in [2.05, 4.69) is 10.6 Å². The van der Waals surface area contributed by atoms with Gasteiger partial charge in [0.25, 0.3) is 0 Å². The summed E-state index contributed by atoms with van der Waals surface area (Å²) in [6.45, 7) is 2.07. The maximum absolute atomic E-state index is 13.5. The Morgan fingerprint density at radius 3 is 2.45 bits per heavy atom. The predicted octanol–water partition coefficient (Wildman–Crippen LogP) is 3.56. The molecule has 0 unspecified atom stereocenters. The lowest BCUT2D eigenvalue weighted by atomic mass is 10.1. The Labute approximate surface area is 134 Å². The van der Waals surface area contributed by atoms with Crippen LogP contribution < -0.4 is 10.6 Å². The summed E-state index contributed by atoms with van der Waals surface area (Å²) in [4.78, 5) is 11.2. The van der Waals surface area contributed by atoms with Crippen LogP contribution in [-0.2, 0) is 6.42 Å². The molecule has 0 aromatic heterocycles. The van der Waals surface area contributed by atoms with Crippen molar-refractivity contribution in [2.24, 2.45) is 0 Å². The third kappa shape index (κ3) is 4.63. The van der Waals surface area contributed by atoms with Crippen molar-refractivity contribution in [1.82, 2.24) is 5.32 Å². The van der Waals surface area contributed by atoms with Crippen LogP contribution in [0.25, 0.3) is 0 Å². The van der Waals surface area contributed by atoms with E-state index in [9.17, 15) is 9.18 Å². The molecule has 0 spiro atoms. The number of Topliss-reactive ketones (excluding diaryl/α,β-unsaturated/α-hetero) is 1. The first kappa shape index (κ1) is 16.1. The van der Waals surface area contributed by atoms with Gasteiger partial charge in [0.2, 0.25) is 0 Å². The summed E-state index contributed by atoms with van der Waals surface area (Å²) in [6, 6.07) is 13.8. The Balaban J connectivity index is 1.80. The zero-order chi connectivity index (χ0) is 15.9. The third-order valence-corrected chi connectivity index (χ3v) is 3.43. The van der Waals surface area contributed by atoms with Gasteiger partial charge in [-0.15, -0.1) is 0 Å². The van der Waals surface area contributed by atoms with Crippen LogP contribution in [0.15, 0.2) is 48.5 Å². The molecule has 5 heteroatoms. The quantitative estimate of drug-likeness (QED) is 0.654. The molecule has 0 heterocycles. The Morgan fingerprint density at radius 1 is 1.14 bits per heavy atom. The monoisotopic (exact) mass is 316 g/mol. The molecule has 0 amide bonds. The molecular formula is C17H17FN2OS. The van der Waals surface area contributed by atoms with Gasteiger partial charge in [-0.1, -0.05) is 18.2 Å². The molecule has 0 saturated heterocycles. The molecule has 0 aliphatic heterocycles. The zero-order valence-electron chi connectivity index (χ0n) is 12.2. The van der Waals surface area contributed by atoms with E-state index >= 15 is 0 Å². The second kappa shape index (κ2) is 7.66. The highest BCUT2D eigenvalue weighted by Gasteiger charge is 2.02. The van der Waals surface area contributed by atoms with Gasteiger partial charge >= 0.3 is 0 Å². The zero-order valence-corrected chi connectivity index (χ0v) is 13.0. The van der Waals surface area contributed by atoms with Gasteiger partial charge in [-0.05, 0) is 61.5 Å². The van der Waals surface area contributed by atoms with E-state index in [4.69, 9.17) is 12.2 Å². The van der Waals surface area contributed by atoms with Crippen LogP contribution in [0.5, 0.6) is 0 Å². The average molecular weight is 316 g/mol. The summed E-state index contributed by atoms with van der Waals surface area (Å²) in [5.41, 5.74) is 2.11. The second-order valence-corrected chi connectivity index (χ2v) is 5.26. The van der Waals surface area contributed by atoms with Crippen LogP contribution in [0.2, 0.25) is 0 Å². The highest BCUT2D eigenvalue weighted by atomic mass is 32.1. The number of halogens is 1. The Hall–Kier alpha value is -2.27. The van der Waals surface area contributed by atoms with Crippen molar-refractivity contribution in [1.29, 1.82) is 0 Å². The molecule has 0 radical (unpaired) electrons. The van der Waals surface area contributed by atoms with Crippen LogP contribution in [0.1, 0.15) is 22.8 Å². The van der Waals surface area contributed by atoms with Crippen molar-refractivity contribution in [3.8, 4) is 0 Å². The number of thiocarbonyl (C=S) groups is 1. The number of carbonyl (C=O) groups excluding carboxylic acids is 1. The minimum atomic E-state index is -0.206. The third-order valence-electron chi connectivity index (χ3n) is 3.19. The molecule has 2 aromatic carbocycles. The van der Waals surface area contributed by atoms with Crippen LogP contribution in [0.3, 0.4) is 0 Å². The molecule has 2 aromatic rings. The highest BCUT2D eigenvalue weighted by Crippen LogP contribution is 2.10. The highest BCUT2D eigenvalue weighted by molar-refractivity contribution is 7.80. The van der Waals surface area contributed by atoms with Gasteiger partial charge in [0, 0.05) is 17.8 Å². The first-order valence-electron chi connectivity index (χ1n) is 6.95. The normalized spacial score (nSPS) is 10.1. The smallest absolute Gasteiger partial charge is 0.170 e. The lowest BCUT2D eigenvalue weighted by Crippen LogP contribution is -2.30. The van der Waals surface area contributed by atoms with E-state index in [1.807, 2.05) is 6.07 Å². The standard InChI is InChI=1S/C17H17FN2OS/c1-12(21)13-6-8-15(9-7-13)20-17(22)19-11-10-14-4-2-3-5-16(14)18/h2-9H,10-11H2,1H3,(H2,19,20,22). The molecule has 0 aliphatic carbocycles. The fourth-order valence-electron chi connectivity index (χ4n) is 1.98. The van der Waals surface area contributed by atoms with Crippen molar-refractivity contribution in [2.45, 2.75) is 13.3 Å². The van der Waals surface area contributed by atoms with Crippen LogP contribution in [0.4, 0.5) is 10.1 Å². The van der Waals surface area contributed by atoms with Gasteiger partial charge in [-0.25, -0.2) is 4.39 Å². The molecule has 2 rings (SSSR count). The van der Waals surface area contributed by atoms with E-state index < -0.39 is 0 Å². The first-order chi connectivity index (χ1) is 10.6. The predicted molar refractivity (Wildman–Crippen MR) is 90.8 cm³/mol. The summed E-state index contributed by atoms with van der Waals surface area (Å²) in [6.07, 6.45) is 0.553. The lowest BCUT2D eigenvalue weighted by molar-refractivity contribution is 0.101. The molecule has 0 fully saturated rings. The van der Waals surface area contributed by atoms with Crippen LogP contribution in [-0.4, -0.2) is 17.4 Å². The number of nitrogens with one attached hydrogen (secondary N) is 2. The number of hydrogen-bond acceptors (Lipinski definition) is 2. The summed E-state index contributed by atoms with van der Waals surface area (Å²) in [7, 11) is 0. The van der Waals surface area contributed by atoms with Crippen molar-refractivity contribution in [3.05, 3.63) is 65.5 Å². The number of anilines is 1. The number of hydrogen-bond donors (Lipinski definition) is 2. The number of rotatable bonds is 5. The molecule has 0 saturated carbocycles. The summed E-state index contributed by atoms with van der Waals surface area (Å²) < 4.78 is 13.5. The van der Waals surface area contributed by atoms with Crippen molar-refractivity contribution >= 4 is 28.8 Å². The maximum atomic E-state index is 13.5. The summed E-state index contributed by atoms with van der Waals surface area (Å²) in [5.74, 6) is -0.180. The molecule has 0 aliphatic rings. The summed E-state index contributed by atoms with van der Waals surface area (Å²) >= 11 is 5.19. The van der Waals surface area contributed by atoms with Gasteiger partial charge < -0.3 is 10.6 Å². The largest absolute Gasteiger partial charge is 0.362 e. The van der Waals surface area contributed by atoms with Crippen LogP contribution >= 0.6 is 12.2 Å². The molecule has 0 bridgehead atoms. The van der Waals surface area contributed by atoms with Gasteiger partial charge in [0.05, 0.1) is 0 Å². The van der Waals surface area contributed by atoms with E-state index in [0.717, 1.165) is 5.69 Å². The Kier molecular flexibility index (Phi) is 5.61. The van der Waals surface area contributed by atoms with Gasteiger partial charge in [0.1, 0.15) is 5.82 Å². The van der Waals surface area contributed by atoms with Gasteiger partial charge in [0.15, 0.2) is 10.9 Å². The van der Waals surface area contributed by atoms with Gasteiger partial charge in [-0.3, -0.25) is 4.79 Å².